The molecule has 3 aromatic heterocycles. The molecule has 0 spiro atoms. The van der Waals surface area contributed by atoms with E-state index in [9.17, 15) is 0 Å². The summed E-state index contributed by atoms with van der Waals surface area (Å²) in [5, 5.41) is 1.33. The molecule has 0 atom stereocenters. The quantitative estimate of drug-likeness (QED) is 0.673. The van der Waals surface area contributed by atoms with E-state index in [0.29, 0.717) is 0 Å². The molecule has 0 saturated heterocycles. The second-order valence-corrected chi connectivity index (χ2v) is 8.09. The van der Waals surface area contributed by atoms with Crippen LogP contribution < -0.4 is 0 Å². The van der Waals surface area contributed by atoms with Gasteiger partial charge < -0.3 is 9.47 Å². The van der Waals surface area contributed by atoms with Gasteiger partial charge >= 0.3 is 0 Å². The molecule has 0 aliphatic carbocycles. The smallest absolute Gasteiger partial charge is 0.105 e. The number of allylic oxidation sites excluding steroid dienone is 1. The van der Waals surface area contributed by atoms with Crippen LogP contribution in [-0.2, 0) is 19.5 Å². The van der Waals surface area contributed by atoms with Gasteiger partial charge in [0.05, 0.1) is 4.34 Å². The lowest BCUT2D eigenvalue weighted by Crippen LogP contribution is -2.27. The molecule has 4 heterocycles. The molecule has 0 fully saturated rings. The van der Waals surface area contributed by atoms with Crippen LogP contribution in [0.25, 0.3) is 16.3 Å². The fourth-order valence-corrected chi connectivity index (χ4v) is 4.66. The van der Waals surface area contributed by atoms with E-state index in [4.69, 9.17) is 11.6 Å². The lowest BCUT2D eigenvalue weighted by Gasteiger charge is -2.24. The van der Waals surface area contributed by atoms with Crippen LogP contribution in [0.4, 0.5) is 0 Å². The minimum Gasteiger partial charge on any atom is -0.332 e. The zero-order chi connectivity index (χ0) is 16.7. The molecule has 0 aromatic carbocycles. The third kappa shape index (κ3) is 2.90. The standard InChI is InChI=1S/C19H20ClN3S/c1-13-5-6-14(11-21-13)4-3-8-23-17-7-9-22(2)12-16(17)15-10-18(20)24-19(15)23/h3-6,10-11H,7-9,12H2,1-2H3/b4-3+. The first kappa shape index (κ1) is 15.9. The largest absolute Gasteiger partial charge is 0.332 e. The first-order chi connectivity index (χ1) is 11.6. The van der Waals surface area contributed by atoms with Crippen molar-refractivity contribution in [3.8, 4) is 0 Å². The lowest BCUT2D eigenvalue weighted by atomic mass is 10.1. The van der Waals surface area contributed by atoms with Crippen LogP contribution in [0, 0.1) is 6.92 Å². The van der Waals surface area contributed by atoms with Crippen molar-refractivity contribution in [3.63, 3.8) is 0 Å². The van der Waals surface area contributed by atoms with Crippen molar-refractivity contribution in [1.82, 2.24) is 14.5 Å². The van der Waals surface area contributed by atoms with Gasteiger partial charge in [-0.05, 0) is 37.2 Å². The van der Waals surface area contributed by atoms with Crippen molar-refractivity contribution in [3.05, 3.63) is 57.3 Å². The van der Waals surface area contributed by atoms with Crippen LogP contribution in [0.2, 0.25) is 4.34 Å². The first-order valence-electron chi connectivity index (χ1n) is 8.19. The highest BCUT2D eigenvalue weighted by Crippen LogP contribution is 2.38. The number of thiophene rings is 1. The Morgan fingerprint density at radius 1 is 1.38 bits per heavy atom. The summed E-state index contributed by atoms with van der Waals surface area (Å²) in [5.74, 6) is 0. The summed E-state index contributed by atoms with van der Waals surface area (Å²) in [7, 11) is 2.18. The summed E-state index contributed by atoms with van der Waals surface area (Å²) >= 11 is 7.97. The van der Waals surface area contributed by atoms with Gasteiger partial charge in [-0.25, -0.2) is 0 Å². The van der Waals surface area contributed by atoms with Crippen molar-refractivity contribution in [1.29, 1.82) is 0 Å². The molecule has 1 aliphatic heterocycles. The Labute approximate surface area is 151 Å². The maximum atomic E-state index is 6.29. The number of aromatic nitrogens is 2. The van der Waals surface area contributed by atoms with Crippen molar-refractivity contribution in [2.24, 2.45) is 0 Å². The second-order valence-electron chi connectivity index (χ2n) is 6.43. The van der Waals surface area contributed by atoms with E-state index in [1.165, 1.54) is 21.5 Å². The minimum atomic E-state index is 0.872. The van der Waals surface area contributed by atoms with E-state index in [0.717, 1.165) is 41.6 Å². The fourth-order valence-electron chi connectivity index (χ4n) is 3.38. The molecule has 24 heavy (non-hydrogen) atoms. The van der Waals surface area contributed by atoms with Crippen molar-refractivity contribution in [2.75, 3.05) is 13.6 Å². The summed E-state index contributed by atoms with van der Waals surface area (Å²) in [5.41, 5.74) is 5.11. The van der Waals surface area contributed by atoms with Crippen LogP contribution in [-0.4, -0.2) is 28.0 Å². The van der Waals surface area contributed by atoms with Gasteiger partial charge in [0.15, 0.2) is 0 Å². The second kappa shape index (κ2) is 6.36. The molecule has 124 valence electrons. The molecule has 3 nitrogen and oxygen atoms in total. The average molecular weight is 358 g/mol. The van der Waals surface area contributed by atoms with Gasteiger partial charge in [0.25, 0.3) is 0 Å². The Morgan fingerprint density at radius 3 is 3.04 bits per heavy atom. The summed E-state index contributed by atoms with van der Waals surface area (Å²) in [6.45, 7) is 5.01. The average Bonchev–Trinajstić information content (AvgIpc) is 3.06. The van der Waals surface area contributed by atoms with Crippen LogP contribution >= 0.6 is 22.9 Å². The summed E-state index contributed by atoms with van der Waals surface area (Å²) in [6.07, 6.45) is 7.39. The Balaban J connectivity index is 1.67. The Morgan fingerprint density at radius 2 is 2.25 bits per heavy atom. The molecule has 0 radical (unpaired) electrons. The predicted octanol–water partition coefficient (Wildman–Crippen LogP) is 4.76. The van der Waals surface area contributed by atoms with Gasteiger partial charge in [-0.15, -0.1) is 11.3 Å². The monoisotopic (exact) mass is 357 g/mol. The predicted molar refractivity (Wildman–Crippen MR) is 103 cm³/mol. The van der Waals surface area contributed by atoms with Crippen LogP contribution in [0.15, 0.2) is 30.5 Å². The van der Waals surface area contributed by atoms with E-state index in [2.05, 4.69) is 45.8 Å². The molecule has 3 aromatic rings. The summed E-state index contributed by atoms with van der Waals surface area (Å²) < 4.78 is 3.31. The number of rotatable bonds is 3. The number of hydrogen-bond acceptors (Lipinski definition) is 3. The van der Waals surface area contributed by atoms with E-state index in [1.807, 2.05) is 19.2 Å². The van der Waals surface area contributed by atoms with Crippen molar-refractivity contribution in [2.45, 2.75) is 26.4 Å². The number of likely N-dealkylation sites (N-methyl/N-ethyl adjacent to an activating group) is 1. The lowest BCUT2D eigenvalue weighted by molar-refractivity contribution is 0.310. The molecule has 1 aliphatic rings. The normalized spacial score (nSPS) is 15.5. The first-order valence-corrected chi connectivity index (χ1v) is 9.38. The number of halogens is 1. The van der Waals surface area contributed by atoms with E-state index >= 15 is 0 Å². The van der Waals surface area contributed by atoms with Gasteiger partial charge in [-0.1, -0.05) is 29.8 Å². The zero-order valence-electron chi connectivity index (χ0n) is 13.9. The third-order valence-corrected chi connectivity index (χ3v) is 5.90. The van der Waals surface area contributed by atoms with Gasteiger partial charge in [0.1, 0.15) is 4.83 Å². The van der Waals surface area contributed by atoms with Crippen molar-refractivity contribution >= 4 is 39.2 Å². The van der Waals surface area contributed by atoms with Gasteiger partial charge in [0.2, 0.25) is 0 Å². The molecule has 0 bridgehead atoms. The topological polar surface area (TPSA) is 21.1 Å². The van der Waals surface area contributed by atoms with Crippen molar-refractivity contribution < 1.29 is 0 Å². The molecule has 0 saturated carbocycles. The number of pyridine rings is 1. The van der Waals surface area contributed by atoms with E-state index in [-0.39, 0.29) is 0 Å². The Bertz CT molecular complexity index is 905. The maximum Gasteiger partial charge on any atom is 0.105 e. The Kier molecular flexibility index (Phi) is 4.21. The van der Waals surface area contributed by atoms with E-state index < -0.39 is 0 Å². The van der Waals surface area contributed by atoms with Crippen LogP contribution in [0.5, 0.6) is 0 Å². The number of aryl methyl sites for hydroxylation is 1. The molecule has 5 heteroatoms. The van der Waals surface area contributed by atoms with Gasteiger partial charge in [0, 0.05) is 49.0 Å². The fraction of sp³-hybridized carbons (Fsp3) is 0.316. The van der Waals surface area contributed by atoms with E-state index in [1.54, 1.807) is 11.3 Å². The molecule has 0 amide bonds. The molecule has 0 unspecified atom stereocenters. The highest BCUT2D eigenvalue weighted by atomic mass is 35.5. The highest BCUT2D eigenvalue weighted by Gasteiger charge is 2.23. The minimum absolute atomic E-state index is 0.872. The zero-order valence-corrected chi connectivity index (χ0v) is 15.5. The Hall–Kier alpha value is -1.62. The summed E-state index contributed by atoms with van der Waals surface area (Å²) in [4.78, 5) is 8.03. The SMILES string of the molecule is Cc1ccc(/C=C/Cn2c3c(c4cc(Cl)sc42)CN(C)CC3)cn1. The van der Waals surface area contributed by atoms with Gasteiger partial charge in [-0.3, -0.25) is 4.98 Å². The molecule has 0 N–H and O–H groups in total. The number of hydrogen-bond donors (Lipinski definition) is 0. The van der Waals surface area contributed by atoms with Gasteiger partial charge in [-0.2, -0.15) is 0 Å². The van der Waals surface area contributed by atoms with Crippen LogP contribution in [0.1, 0.15) is 22.5 Å². The number of fused-ring (bicyclic) bond motifs is 3. The molecular weight excluding hydrogens is 338 g/mol. The highest BCUT2D eigenvalue weighted by molar-refractivity contribution is 7.22. The summed E-state index contributed by atoms with van der Waals surface area (Å²) in [6, 6.07) is 6.28. The maximum absolute atomic E-state index is 6.29. The van der Waals surface area contributed by atoms with Crippen LogP contribution in [0.3, 0.4) is 0 Å². The third-order valence-electron chi connectivity index (χ3n) is 4.62. The number of nitrogens with zero attached hydrogens (tertiary/aromatic N) is 3. The molecular formula is C19H20ClN3S. The molecule has 4 rings (SSSR count).